The first kappa shape index (κ1) is 31.4. The molecule has 0 heterocycles. The van der Waals surface area contributed by atoms with Crippen molar-refractivity contribution in [3.8, 4) is 16.9 Å². The van der Waals surface area contributed by atoms with E-state index >= 15 is 0 Å². The lowest BCUT2D eigenvalue weighted by molar-refractivity contribution is 0.0498. The van der Waals surface area contributed by atoms with Gasteiger partial charge in [0.05, 0.1) is 22.8 Å². The first-order valence-electron chi connectivity index (χ1n) is 14.9. The number of benzene rings is 3. The van der Waals surface area contributed by atoms with Crippen LogP contribution in [-0.4, -0.2) is 18.5 Å². The zero-order valence-electron chi connectivity index (χ0n) is 24.1. The largest absolute Gasteiger partial charge is 0.462 e. The van der Waals surface area contributed by atoms with Crippen LogP contribution >= 0.6 is 11.6 Å². The van der Waals surface area contributed by atoms with Gasteiger partial charge < -0.3 is 9.47 Å². The summed E-state index contributed by atoms with van der Waals surface area (Å²) >= 11 is 6.78. The third-order valence-electron chi connectivity index (χ3n) is 7.08. The van der Waals surface area contributed by atoms with Gasteiger partial charge in [0.15, 0.2) is 0 Å². The summed E-state index contributed by atoms with van der Waals surface area (Å²) in [5, 5.41) is 0.211. The third-order valence-corrected chi connectivity index (χ3v) is 7.47. The molecule has 3 aromatic carbocycles. The van der Waals surface area contributed by atoms with Gasteiger partial charge in [-0.25, -0.2) is 9.59 Å². The minimum absolute atomic E-state index is 0.211. The number of ether oxygens (including phenoxy) is 2. The van der Waals surface area contributed by atoms with Gasteiger partial charge >= 0.3 is 11.9 Å². The molecule has 0 radical (unpaired) electrons. The lowest BCUT2D eigenvalue weighted by Gasteiger charge is -2.15. The Balaban J connectivity index is 1.69. The number of halogens is 1. The van der Waals surface area contributed by atoms with Gasteiger partial charge in [0.2, 0.25) is 0 Å². The SMILES string of the molecule is CCCCCCCCOC(=O)c1ccc(OC(=O)c2ccc(CCCCCCC)cc2)c(-c2ccccc2)c1Cl. The van der Waals surface area contributed by atoms with E-state index in [1.54, 1.807) is 12.1 Å². The lowest BCUT2D eigenvalue weighted by Crippen LogP contribution is -2.11. The molecule has 0 bridgehead atoms. The number of aryl methyl sites for hydroxylation is 1. The minimum Gasteiger partial charge on any atom is -0.462 e. The molecule has 0 fully saturated rings. The van der Waals surface area contributed by atoms with Crippen LogP contribution in [0.15, 0.2) is 66.7 Å². The topological polar surface area (TPSA) is 52.6 Å². The summed E-state index contributed by atoms with van der Waals surface area (Å²) in [6.07, 6.45) is 13.8. The molecule has 0 aliphatic heterocycles. The van der Waals surface area contributed by atoms with Crippen molar-refractivity contribution in [2.45, 2.75) is 90.9 Å². The highest BCUT2D eigenvalue weighted by atomic mass is 35.5. The summed E-state index contributed by atoms with van der Waals surface area (Å²) < 4.78 is 11.4. The third kappa shape index (κ3) is 9.82. The van der Waals surface area contributed by atoms with Crippen LogP contribution in [0.2, 0.25) is 5.02 Å². The second-order valence-corrected chi connectivity index (χ2v) is 10.7. The number of unbranched alkanes of at least 4 members (excludes halogenated alkanes) is 9. The molecule has 0 saturated heterocycles. The van der Waals surface area contributed by atoms with Crippen LogP contribution in [0.4, 0.5) is 0 Å². The standard InChI is InChI=1S/C35H43ClO4/c1-3-5-7-9-11-16-26-39-35(38)30-24-25-31(32(33(30)36)28-18-14-12-15-19-28)40-34(37)29-22-20-27(21-23-29)17-13-10-8-6-4-2/h12,14-15,18-25H,3-11,13,16-17,26H2,1-2H3. The molecule has 5 heteroatoms. The van der Waals surface area contributed by atoms with Crippen molar-refractivity contribution in [3.63, 3.8) is 0 Å². The summed E-state index contributed by atoms with van der Waals surface area (Å²) in [7, 11) is 0. The Morgan fingerprint density at radius 3 is 1.98 bits per heavy atom. The molecule has 0 atom stereocenters. The van der Waals surface area contributed by atoms with E-state index in [0.29, 0.717) is 23.5 Å². The predicted octanol–water partition coefficient (Wildman–Crippen LogP) is 10.3. The van der Waals surface area contributed by atoms with E-state index in [4.69, 9.17) is 21.1 Å². The van der Waals surface area contributed by atoms with Crippen LogP contribution < -0.4 is 4.74 Å². The molecule has 0 amide bonds. The second kappa shape index (κ2) is 17.6. The van der Waals surface area contributed by atoms with Gasteiger partial charge in [-0.3, -0.25) is 0 Å². The van der Waals surface area contributed by atoms with E-state index < -0.39 is 11.9 Å². The summed E-state index contributed by atoms with van der Waals surface area (Å²) in [4.78, 5) is 26.0. The summed E-state index contributed by atoms with van der Waals surface area (Å²) in [5.74, 6) is -0.645. The molecule has 0 N–H and O–H groups in total. The molecule has 0 spiro atoms. The van der Waals surface area contributed by atoms with Crippen molar-refractivity contribution < 1.29 is 19.1 Å². The first-order valence-corrected chi connectivity index (χ1v) is 15.3. The fraction of sp³-hybridized carbons (Fsp3) is 0.429. The molecule has 3 rings (SSSR count). The van der Waals surface area contributed by atoms with Crippen LogP contribution in [0, 0.1) is 0 Å². The number of carbonyl (C=O) groups is 2. The van der Waals surface area contributed by atoms with Crippen molar-refractivity contribution in [3.05, 3.63) is 88.4 Å². The molecule has 0 aliphatic rings. The van der Waals surface area contributed by atoms with Crippen LogP contribution in [0.5, 0.6) is 5.75 Å². The number of rotatable bonds is 17. The van der Waals surface area contributed by atoms with Gasteiger partial charge in [-0.15, -0.1) is 0 Å². The number of carbonyl (C=O) groups excluding carboxylic acids is 2. The molecular weight excluding hydrogens is 520 g/mol. The number of hydrogen-bond donors (Lipinski definition) is 0. The van der Waals surface area contributed by atoms with Gasteiger partial charge in [0.1, 0.15) is 5.75 Å². The molecule has 0 unspecified atom stereocenters. The Labute approximate surface area is 245 Å². The summed E-state index contributed by atoms with van der Waals surface area (Å²) in [6.45, 7) is 4.76. The Bertz CT molecular complexity index is 1190. The van der Waals surface area contributed by atoms with E-state index in [2.05, 4.69) is 13.8 Å². The molecule has 4 nitrogen and oxygen atoms in total. The van der Waals surface area contributed by atoms with Crippen molar-refractivity contribution in [2.75, 3.05) is 6.61 Å². The first-order chi connectivity index (χ1) is 19.5. The van der Waals surface area contributed by atoms with Crippen molar-refractivity contribution in [2.24, 2.45) is 0 Å². The predicted molar refractivity (Wildman–Crippen MR) is 164 cm³/mol. The van der Waals surface area contributed by atoms with E-state index in [1.807, 2.05) is 54.6 Å². The maximum absolute atomic E-state index is 13.1. The zero-order chi connectivity index (χ0) is 28.6. The normalized spacial score (nSPS) is 10.9. The maximum Gasteiger partial charge on any atom is 0.343 e. The molecule has 40 heavy (non-hydrogen) atoms. The summed E-state index contributed by atoms with van der Waals surface area (Å²) in [5.41, 5.74) is 3.18. The molecule has 0 aromatic heterocycles. The number of hydrogen-bond acceptors (Lipinski definition) is 4. The monoisotopic (exact) mass is 562 g/mol. The Morgan fingerprint density at radius 1 is 0.675 bits per heavy atom. The van der Waals surface area contributed by atoms with E-state index in [9.17, 15) is 9.59 Å². The highest BCUT2D eigenvalue weighted by Crippen LogP contribution is 2.39. The van der Waals surface area contributed by atoms with Gasteiger partial charge in [0.25, 0.3) is 0 Å². The fourth-order valence-electron chi connectivity index (χ4n) is 4.70. The molecule has 3 aromatic rings. The van der Waals surface area contributed by atoms with Crippen molar-refractivity contribution in [1.82, 2.24) is 0 Å². The van der Waals surface area contributed by atoms with Crippen LogP contribution in [0.25, 0.3) is 11.1 Å². The quantitative estimate of drug-likeness (QED) is 0.0932. The van der Waals surface area contributed by atoms with Crippen LogP contribution in [-0.2, 0) is 11.2 Å². The van der Waals surface area contributed by atoms with E-state index in [0.717, 1.165) is 37.7 Å². The van der Waals surface area contributed by atoms with Gasteiger partial charge in [-0.2, -0.15) is 0 Å². The molecule has 0 aliphatic carbocycles. The number of esters is 2. The van der Waals surface area contributed by atoms with Gasteiger partial charge in [-0.1, -0.05) is 126 Å². The zero-order valence-corrected chi connectivity index (χ0v) is 24.8. The average Bonchev–Trinajstić information content (AvgIpc) is 2.97. The summed E-state index contributed by atoms with van der Waals surface area (Å²) in [6, 6.07) is 20.2. The van der Waals surface area contributed by atoms with Gasteiger partial charge in [0, 0.05) is 5.56 Å². The highest BCUT2D eigenvalue weighted by molar-refractivity contribution is 6.36. The Kier molecular flexibility index (Phi) is 13.8. The van der Waals surface area contributed by atoms with Crippen LogP contribution in [0.3, 0.4) is 0 Å². The molecule has 214 valence electrons. The molecule has 0 saturated carbocycles. The minimum atomic E-state index is -0.473. The van der Waals surface area contributed by atoms with Crippen LogP contribution in [0.1, 0.15) is 111 Å². The van der Waals surface area contributed by atoms with E-state index in [-0.39, 0.29) is 10.6 Å². The lowest BCUT2D eigenvalue weighted by atomic mass is 10.0. The maximum atomic E-state index is 13.1. The Morgan fingerprint density at radius 2 is 1.30 bits per heavy atom. The highest BCUT2D eigenvalue weighted by Gasteiger charge is 2.22. The smallest absolute Gasteiger partial charge is 0.343 e. The van der Waals surface area contributed by atoms with E-state index in [1.165, 1.54) is 50.5 Å². The van der Waals surface area contributed by atoms with Crippen molar-refractivity contribution >= 4 is 23.5 Å². The molecular formula is C35H43ClO4. The fourth-order valence-corrected chi connectivity index (χ4v) is 5.04. The average molecular weight is 563 g/mol. The Hall–Kier alpha value is -3.11. The van der Waals surface area contributed by atoms with Gasteiger partial charge in [-0.05, 0) is 54.7 Å². The second-order valence-electron chi connectivity index (χ2n) is 10.3. The van der Waals surface area contributed by atoms with Crippen molar-refractivity contribution in [1.29, 1.82) is 0 Å².